The average Bonchev–Trinajstić information content (AvgIpc) is 2.95. The summed E-state index contributed by atoms with van der Waals surface area (Å²) in [4.78, 5) is 12.6. The molecule has 214 valence electrons. The third-order valence-corrected chi connectivity index (χ3v) is 7.62. The van der Waals surface area contributed by atoms with E-state index in [0.29, 0.717) is 43.2 Å². The van der Waals surface area contributed by atoms with Crippen molar-refractivity contribution < 1.29 is 36.2 Å². The molecule has 1 fully saturated rings. The number of carbonyl (C=O) groups is 1. The second kappa shape index (κ2) is 13.3. The molecule has 3 nitrogen and oxygen atoms in total. The van der Waals surface area contributed by atoms with Crippen LogP contribution in [0.25, 0.3) is 0 Å². The molecular formula is C32H33F5O3. The molecule has 3 aromatic rings. The number of esters is 1. The number of unbranched alkanes of at least 4 members (excludes halogenated alkanes) is 3. The fraction of sp³-hybridized carbons (Fsp3) is 0.406. The molecule has 0 aromatic heterocycles. The van der Waals surface area contributed by atoms with Crippen LogP contribution in [0.5, 0.6) is 11.5 Å². The van der Waals surface area contributed by atoms with E-state index in [1.54, 1.807) is 12.1 Å². The molecule has 1 aliphatic carbocycles. The first-order valence-electron chi connectivity index (χ1n) is 13.8. The Morgan fingerprint density at radius 2 is 1.38 bits per heavy atom. The lowest BCUT2D eigenvalue weighted by molar-refractivity contribution is 0.0725. The van der Waals surface area contributed by atoms with Gasteiger partial charge in [0.25, 0.3) is 0 Å². The van der Waals surface area contributed by atoms with Gasteiger partial charge in [0.1, 0.15) is 5.82 Å². The van der Waals surface area contributed by atoms with Crippen molar-refractivity contribution in [3.63, 3.8) is 0 Å². The highest BCUT2D eigenvalue weighted by atomic mass is 19.2. The minimum atomic E-state index is -1.36. The third kappa shape index (κ3) is 6.65. The Bertz CT molecular complexity index is 1350. The monoisotopic (exact) mass is 560 g/mol. The summed E-state index contributed by atoms with van der Waals surface area (Å²) in [5.74, 6) is -7.13. The highest BCUT2D eigenvalue weighted by Gasteiger charge is 2.28. The molecule has 0 heterocycles. The van der Waals surface area contributed by atoms with Crippen LogP contribution in [0.1, 0.15) is 97.2 Å². The lowest BCUT2D eigenvalue weighted by Gasteiger charge is -2.29. The first-order chi connectivity index (χ1) is 19.2. The van der Waals surface area contributed by atoms with Gasteiger partial charge in [-0.15, -0.1) is 0 Å². The standard InChI is InChI=1S/C32H33F5O3/c1-3-4-5-6-17-39-26-15-16-27(31(37)30(26)36)40-32(38)22-12-14-23(25(33)18-22)20-8-10-21(11-9-20)24-13-7-19(2)28(34)29(24)35/h7,12-16,18,20-21H,3-6,8-11,17H2,1-2H3. The molecule has 0 atom stereocenters. The number of benzene rings is 3. The molecule has 0 aliphatic heterocycles. The van der Waals surface area contributed by atoms with Gasteiger partial charge < -0.3 is 9.47 Å². The zero-order valence-electron chi connectivity index (χ0n) is 22.7. The minimum Gasteiger partial charge on any atom is -0.490 e. The van der Waals surface area contributed by atoms with E-state index in [-0.39, 0.29) is 35.3 Å². The van der Waals surface area contributed by atoms with E-state index in [0.717, 1.165) is 31.4 Å². The fourth-order valence-corrected chi connectivity index (χ4v) is 5.25. The van der Waals surface area contributed by atoms with Crippen molar-refractivity contribution in [1.29, 1.82) is 0 Å². The van der Waals surface area contributed by atoms with Crippen LogP contribution >= 0.6 is 0 Å². The molecule has 0 N–H and O–H groups in total. The first-order valence-corrected chi connectivity index (χ1v) is 13.8. The molecule has 0 amide bonds. The molecule has 8 heteroatoms. The number of halogens is 5. The summed E-state index contributed by atoms with van der Waals surface area (Å²) in [6.07, 6.45) is 5.95. The predicted octanol–water partition coefficient (Wildman–Crippen LogP) is 9.31. The van der Waals surface area contributed by atoms with E-state index in [9.17, 15) is 22.4 Å². The van der Waals surface area contributed by atoms with Crippen molar-refractivity contribution >= 4 is 5.97 Å². The summed E-state index contributed by atoms with van der Waals surface area (Å²) in [6, 6.07) is 9.35. The van der Waals surface area contributed by atoms with Gasteiger partial charge in [0, 0.05) is 0 Å². The van der Waals surface area contributed by atoms with Crippen LogP contribution in [-0.4, -0.2) is 12.6 Å². The number of carbonyl (C=O) groups excluding carboxylic acids is 1. The van der Waals surface area contributed by atoms with E-state index in [1.165, 1.54) is 25.1 Å². The SMILES string of the molecule is CCCCCCOc1ccc(OC(=O)c2ccc(C3CCC(c4ccc(C)c(F)c4F)CC3)c(F)c2)c(F)c1F. The second-order valence-electron chi connectivity index (χ2n) is 10.4. The van der Waals surface area contributed by atoms with Gasteiger partial charge in [-0.05, 0) is 91.8 Å². The minimum absolute atomic E-state index is 0.150. The molecule has 0 bridgehead atoms. The largest absolute Gasteiger partial charge is 0.490 e. The van der Waals surface area contributed by atoms with E-state index in [2.05, 4.69) is 6.92 Å². The highest BCUT2D eigenvalue weighted by Crippen LogP contribution is 2.42. The molecule has 0 spiro atoms. The van der Waals surface area contributed by atoms with Crippen molar-refractivity contribution in [2.24, 2.45) is 0 Å². The van der Waals surface area contributed by atoms with E-state index < -0.39 is 40.8 Å². The van der Waals surface area contributed by atoms with Crippen LogP contribution in [0.3, 0.4) is 0 Å². The molecule has 0 unspecified atom stereocenters. The summed E-state index contributed by atoms with van der Waals surface area (Å²) in [6.45, 7) is 3.81. The topological polar surface area (TPSA) is 35.5 Å². The fourth-order valence-electron chi connectivity index (χ4n) is 5.25. The molecule has 1 aliphatic rings. The maximum atomic E-state index is 15.0. The van der Waals surface area contributed by atoms with Gasteiger partial charge in [-0.2, -0.15) is 8.78 Å². The first kappa shape index (κ1) is 29.6. The summed E-state index contributed by atoms with van der Waals surface area (Å²) < 4.78 is 82.7. The molecule has 40 heavy (non-hydrogen) atoms. The Hall–Kier alpha value is -3.42. The van der Waals surface area contributed by atoms with Crippen molar-refractivity contribution in [2.45, 2.75) is 77.0 Å². The molecule has 0 saturated heterocycles. The van der Waals surface area contributed by atoms with Crippen LogP contribution < -0.4 is 9.47 Å². The van der Waals surface area contributed by atoms with E-state index in [1.807, 2.05) is 0 Å². The van der Waals surface area contributed by atoms with Crippen molar-refractivity contribution in [3.05, 3.63) is 93.8 Å². The molecule has 0 radical (unpaired) electrons. The second-order valence-corrected chi connectivity index (χ2v) is 10.4. The lowest BCUT2D eigenvalue weighted by atomic mass is 9.75. The quantitative estimate of drug-likeness (QED) is 0.107. The Morgan fingerprint density at radius 3 is 2.05 bits per heavy atom. The lowest BCUT2D eigenvalue weighted by Crippen LogP contribution is -2.16. The van der Waals surface area contributed by atoms with Gasteiger partial charge in [0.2, 0.25) is 11.6 Å². The van der Waals surface area contributed by atoms with Crippen molar-refractivity contribution in [1.82, 2.24) is 0 Å². The third-order valence-electron chi connectivity index (χ3n) is 7.62. The molecule has 3 aromatic carbocycles. The van der Waals surface area contributed by atoms with Gasteiger partial charge >= 0.3 is 5.97 Å². The van der Waals surface area contributed by atoms with E-state index in [4.69, 9.17) is 9.47 Å². The Morgan fingerprint density at radius 1 is 0.750 bits per heavy atom. The average molecular weight is 561 g/mol. The normalized spacial score (nSPS) is 17.1. The smallest absolute Gasteiger partial charge is 0.343 e. The summed E-state index contributed by atoms with van der Waals surface area (Å²) in [5.41, 5.74) is 0.851. The summed E-state index contributed by atoms with van der Waals surface area (Å²) in [5, 5.41) is 0. The number of hydrogen-bond donors (Lipinski definition) is 0. The zero-order chi connectivity index (χ0) is 28.8. The maximum Gasteiger partial charge on any atom is 0.343 e. The molecule has 4 rings (SSSR count). The van der Waals surface area contributed by atoms with Gasteiger partial charge in [0.15, 0.2) is 23.1 Å². The van der Waals surface area contributed by atoms with Gasteiger partial charge in [0.05, 0.1) is 12.2 Å². The predicted molar refractivity (Wildman–Crippen MR) is 142 cm³/mol. The number of ether oxygens (including phenoxy) is 2. The number of aryl methyl sites for hydroxylation is 1. The van der Waals surface area contributed by atoms with E-state index >= 15 is 4.39 Å². The van der Waals surface area contributed by atoms with Crippen molar-refractivity contribution in [2.75, 3.05) is 6.61 Å². The van der Waals surface area contributed by atoms with Crippen LogP contribution in [0.2, 0.25) is 0 Å². The Kier molecular flexibility index (Phi) is 9.82. The van der Waals surface area contributed by atoms with Crippen LogP contribution in [0.4, 0.5) is 22.0 Å². The van der Waals surface area contributed by atoms with Crippen LogP contribution in [0.15, 0.2) is 42.5 Å². The number of rotatable bonds is 10. The zero-order valence-corrected chi connectivity index (χ0v) is 22.7. The van der Waals surface area contributed by atoms with Gasteiger partial charge in [-0.25, -0.2) is 18.0 Å². The van der Waals surface area contributed by atoms with Crippen LogP contribution in [-0.2, 0) is 0 Å². The van der Waals surface area contributed by atoms with Gasteiger partial charge in [-0.1, -0.05) is 44.4 Å². The Balaban J connectivity index is 1.37. The summed E-state index contributed by atoms with van der Waals surface area (Å²) in [7, 11) is 0. The molecular weight excluding hydrogens is 527 g/mol. The van der Waals surface area contributed by atoms with Gasteiger partial charge in [-0.3, -0.25) is 0 Å². The number of hydrogen-bond acceptors (Lipinski definition) is 3. The maximum absolute atomic E-state index is 15.0. The van der Waals surface area contributed by atoms with Crippen molar-refractivity contribution in [3.8, 4) is 11.5 Å². The van der Waals surface area contributed by atoms with Crippen LogP contribution in [0, 0.1) is 36.0 Å². The highest BCUT2D eigenvalue weighted by molar-refractivity contribution is 5.91. The Labute approximate surface area is 231 Å². The summed E-state index contributed by atoms with van der Waals surface area (Å²) >= 11 is 0. The molecule has 1 saturated carbocycles.